The van der Waals surface area contributed by atoms with Gasteiger partial charge in [0.2, 0.25) is 0 Å². The van der Waals surface area contributed by atoms with Crippen LogP contribution < -0.4 is 0 Å². The molecule has 0 saturated heterocycles. The minimum atomic E-state index is 0.596. The highest BCUT2D eigenvalue weighted by atomic mass is 14.6. The Hall–Kier alpha value is 0. The highest BCUT2D eigenvalue weighted by Crippen LogP contribution is 2.66. The lowest BCUT2D eigenvalue weighted by Gasteiger charge is -2.53. The van der Waals surface area contributed by atoms with Crippen LogP contribution in [-0.2, 0) is 0 Å². The molecule has 0 aromatic carbocycles. The molecule has 4 saturated carbocycles. The first-order chi connectivity index (χ1) is 10.9. The van der Waals surface area contributed by atoms with Gasteiger partial charge in [0.1, 0.15) is 0 Å². The molecule has 0 aliphatic heterocycles. The summed E-state index contributed by atoms with van der Waals surface area (Å²) in [6, 6.07) is 0. The summed E-state index contributed by atoms with van der Waals surface area (Å²) >= 11 is 0. The average Bonchev–Trinajstić information content (AvgIpc) is 2.81. The van der Waals surface area contributed by atoms with Crippen molar-refractivity contribution >= 4 is 0 Å². The zero-order chi connectivity index (χ0) is 16.2. The summed E-state index contributed by atoms with van der Waals surface area (Å²) in [5, 5.41) is 0. The van der Waals surface area contributed by atoms with Crippen molar-refractivity contribution in [1.29, 1.82) is 0 Å². The van der Waals surface area contributed by atoms with Gasteiger partial charge in [-0.05, 0) is 84.9 Å². The lowest BCUT2D eigenvalue weighted by atomic mass is 9.52. The van der Waals surface area contributed by atoms with Crippen LogP contribution in [0.15, 0.2) is 0 Å². The van der Waals surface area contributed by atoms with Gasteiger partial charge in [-0.1, -0.05) is 59.8 Å². The molecule has 0 spiro atoms. The van der Waals surface area contributed by atoms with E-state index in [1.54, 1.807) is 32.1 Å². The zero-order valence-electron chi connectivity index (χ0n) is 16.2. The molecule has 5 unspecified atom stereocenters. The molecular weight excluding hydrogens is 276 g/mol. The molecule has 0 amide bonds. The van der Waals surface area contributed by atoms with Crippen molar-refractivity contribution in [3.63, 3.8) is 0 Å². The Morgan fingerprint density at radius 2 is 1.52 bits per heavy atom. The lowest BCUT2D eigenvalue weighted by Crippen LogP contribution is -2.45. The van der Waals surface area contributed by atoms with E-state index in [9.17, 15) is 0 Å². The Morgan fingerprint density at radius 1 is 0.783 bits per heavy atom. The number of hydrogen-bond donors (Lipinski definition) is 0. The fraction of sp³-hybridized carbons (Fsp3) is 1.00. The zero-order valence-corrected chi connectivity index (χ0v) is 16.2. The fourth-order valence-corrected chi connectivity index (χ4v) is 8.20. The third kappa shape index (κ3) is 2.62. The molecule has 0 radical (unpaired) electrons. The second-order valence-corrected chi connectivity index (χ2v) is 11.1. The highest BCUT2D eigenvalue weighted by Gasteiger charge is 2.58. The van der Waals surface area contributed by atoms with Crippen molar-refractivity contribution in [1.82, 2.24) is 0 Å². The van der Waals surface area contributed by atoms with Gasteiger partial charge in [0.15, 0.2) is 0 Å². The Labute approximate surface area is 145 Å². The monoisotopic (exact) mass is 316 g/mol. The molecule has 132 valence electrons. The Bertz CT molecular complexity index is 425. The van der Waals surface area contributed by atoms with E-state index in [4.69, 9.17) is 0 Å². The average molecular weight is 317 g/mol. The molecule has 4 fully saturated rings. The number of hydrogen-bond acceptors (Lipinski definition) is 0. The van der Waals surface area contributed by atoms with Crippen molar-refractivity contribution in [3.8, 4) is 0 Å². The van der Waals surface area contributed by atoms with Gasteiger partial charge in [-0.3, -0.25) is 0 Å². The van der Waals surface area contributed by atoms with Crippen LogP contribution in [0.1, 0.15) is 98.3 Å². The maximum atomic E-state index is 2.68. The quantitative estimate of drug-likeness (QED) is 0.510. The van der Waals surface area contributed by atoms with Gasteiger partial charge in [0.25, 0.3) is 0 Å². The van der Waals surface area contributed by atoms with Gasteiger partial charge in [-0.15, -0.1) is 0 Å². The summed E-state index contributed by atoms with van der Waals surface area (Å²) in [6.07, 6.45) is 16.8. The molecule has 0 aromatic rings. The van der Waals surface area contributed by atoms with E-state index in [-0.39, 0.29) is 0 Å². The summed E-state index contributed by atoms with van der Waals surface area (Å²) in [4.78, 5) is 0. The van der Waals surface area contributed by atoms with Gasteiger partial charge in [0.05, 0.1) is 0 Å². The van der Waals surface area contributed by atoms with Gasteiger partial charge in [-0.25, -0.2) is 0 Å². The van der Waals surface area contributed by atoms with E-state index in [2.05, 4.69) is 27.7 Å². The van der Waals surface area contributed by atoms with Crippen molar-refractivity contribution < 1.29 is 0 Å². The Morgan fingerprint density at radius 3 is 2.26 bits per heavy atom. The van der Waals surface area contributed by atoms with E-state index < -0.39 is 0 Å². The molecule has 4 aliphatic carbocycles. The van der Waals surface area contributed by atoms with Crippen LogP contribution in [-0.4, -0.2) is 0 Å². The maximum absolute atomic E-state index is 2.68. The van der Waals surface area contributed by atoms with E-state index in [0.717, 1.165) is 35.5 Å². The number of rotatable bonds is 2. The molecule has 0 N–H and O–H groups in total. The molecule has 4 rings (SSSR count). The van der Waals surface area contributed by atoms with Crippen molar-refractivity contribution in [3.05, 3.63) is 0 Å². The standard InChI is InChI=1S/C23H40/c1-22(2)15-18-19(23(3,4)17-10-6-5-7-11-17)14-13-16-9-8-12-20(22)21(16)18/h16-21H,5-15H2,1-4H3. The summed E-state index contributed by atoms with van der Waals surface area (Å²) in [6.45, 7) is 10.6. The van der Waals surface area contributed by atoms with Crippen LogP contribution in [0, 0.1) is 46.3 Å². The van der Waals surface area contributed by atoms with Crippen LogP contribution >= 0.6 is 0 Å². The highest BCUT2D eigenvalue weighted by molar-refractivity contribution is 5.07. The van der Waals surface area contributed by atoms with Crippen molar-refractivity contribution in [2.75, 3.05) is 0 Å². The first-order valence-electron chi connectivity index (χ1n) is 10.9. The second kappa shape index (κ2) is 5.77. The van der Waals surface area contributed by atoms with E-state index in [0.29, 0.717) is 10.8 Å². The minimum absolute atomic E-state index is 0.596. The van der Waals surface area contributed by atoms with Crippen LogP contribution in [0.4, 0.5) is 0 Å². The molecule has 23 heavy (non-hydrogen) atoms. The fourth-order valence-electron chi connectivity index (χ4n) is 8.20. The predicted molar refractivity (Wildman–Crippen MR) is 99.3 cm³/mol. The summed E-state index contributed by atoms with van der Waals surface area (Å²) < 4.78 is 0. The molecule has 0 nitrogen and oxygen atoms in total. The smallest absolute Gasteiger partial charge is 0.0295 e. The Balaban J connectivity index is 1.60. The third-order valence-corrected chi connectivity index (χ3v) is 9.34. The van der Waals surface area contributed by atoms with E-state index >= 15 is 0 Å². The van der Waals surface area contributed by atoms with Crippen LogP contribution in [0.5, 0.6) is 0 Å². The summed E-state index contributed by atoms with van der Waals surface area (Å²) in [7, 11) is 0. The molecule has 5 atom stereocenters. The van der Waals surface area contributed by atoms with E-state index in [1.807, 2.05) is 0 Å². The van der Waals surface area contributed by atoms with Crippen LogP contribution in [0.3, 0.4) is 0 Å². The second-order valence-electron chi connectivity index (χ2n) is 11.1. The predicted octanol–water partition coefficient (Wildman–Crippen LogP) is 7.08. The van der Waals surface area contributed by atoms with Crippen LogP contribution in [0.25, 0.3) is 0 Å². The normalized spacial score (nSPS) is 44.1. The topological polar surface area (TPSA) is 0 Å². The summed E-state index contributed by atoms with van der Waals surface area (Å²) in [5.74, 6) is 6.35. The maximum Gasteiger partial charge on any atom is -0.0295 e. The van der Waals surface area contributed by atoms with E-state index in [1.165, 1.54) is 38.5 Å². The largest absolute Gasteiger partial charge is 0.0596 e. The van der Waals surface area contributed by atoms with Gasteiger partial charge < -0.3 is 0 Å². The van der Waals surface area contributed by atoms with Gasteiger partial charge in [-0.2, -0.15) is 0 Å². The van der Waals surface area contributed by atoms with Gasteiger partial charge in [0, 0.05) is 0 Å². The minimum Gasteiger partial charge on any atom is -0.0596 e. The van der Waals surface area contributed by atoms with Crippen LogP contribution in [0.2, 0.25) is 0 Å². The SMILES string of the molecule is CC1(C)CC2C3C(CCCC31)CCC2C(C)(C)C1CCCCC1. The molecule has 0 aromatic heterocycles. The molecule has 4 aliphatic rings. The van der Waals surface area contributed by atoms with Crippen molar-refractivity contribution in [2.45, 2.75) is 98.3 Å². The molecular formula is C23H40. The lowest BCUT2D eigenvalue weighted by molar-refractivity contribution is -0.0356. The van der Waals surface area contributed by atoms with Crippen molar-refractivity contribution in [2.24, 2.45) is 46.3 Å². The molecule has 0 bridgehead atoms. The summed E-state index contributed by atoms with van der Waals surface area (Å²) in [5.41, 5.74) is 1.22. The first kappa shape index (κ1) is 16.5. The Kier molecular flexibility index (Phi) is 4.13. The molecule has 0 heteroatoms. The third-order valence-electron chi connectivity index (χ3n) is 9.34. The first-order valence-corrected chi connectivity index (χ1v) is 10.9. The molecule has 0 heterocycles. The van der Waals surface area contributed by atoms with Gasteiger partial charge >= 0.3 is 0 Å².